The molecule has 2 aromatic carbocycles. The van der Waals surface area contributed by atoms with E-state index in [1.807, 2.05) is 0 Å². The van der Waals surface area contributed by atoms with Gasteiger partial charge in [-0.15, -0.1) is 0 Å². The van der Waals surface area contributed by atoms with Crippen molar-refractivity contribution in [2.45, 2.75) is 12.7 Å². The number of hydrogen-bond acceptors (Lipinski definition) is 1. The first-order chi connectivity index (χ1) is 9.75. The quantitative estimate of drug-likeness (QED) is 0.654. The van der Waals surface area contributed by atoms with Crippen molar-refractivity contribution in [3.05, 3.63) is 62.8 Å². The number of hydrogen-bond donors (Lipinski definition) is 1. The van der Waals surface area contributed by atoms with Crippen LogP contribution in [0.25, 0.3) is 0 Å². The number of anilines is 1. The first-order valence-corrected chi connectivity index (χ1v) is 6.98. The maximum atomic E-state index is 12.9. The second kappa shape index (κ2) is 6.23. The molecular formula is C14H9BrClF4N. The second-order valence-electron chi connectivity index (χ2n) is 4.32. The monoisotopic (exact) mass is 381 g/mol. The highest BCUT2D eigenvalue weighted by atomic mass is 79.9. The van der Waals surface area contributed by atoms with Crippen molar-refractivity contribution in [1.82, 2.24) is 0 Å². The molecule has 0 atom stereocenters. The largest absolute Gasteiger partial charge is 0.416 e. The number of nitrogens with one attached hydrogen (secondary N) is 1. The molecule has 21 heavy (non-hydrogen) atoms. The van der Waals surface area contributed by atoms with Gasteiger partial charge in [0.25, 0.3) is 0 Å². The Morgan fingerprint density at radius 2 is 1.81 bits per heavy atom. The number of benzene rings is 2. The van der Waals surface area contributed by atoms with Crippen LogP contribution >= 0.6 is 27.5 Å². The molecule has 0 amide bonds. The predicted octanol–water partition coefficient (Wildman–Crippen LogP) is 5.87. The van der Waals surface area contributed by atoms with Crippen molar-refractivity contribution >= 4 is 33.2 Å². The summed E-state index contributed by atoms with van der Waals surface area (Å²) in [5, 5.41) is 3.05. The van der Waals surface area contributed by atoms with Crippen molar-refractivity contribution in [1.29, 1.82) is 0 Å². The lowest BCUT2D eigenvalue weighted by atomic mass is 10.1. The molecule has 7 heteroatoms. The highest BCUT2D eigenvalue weighted by Crippen LogP contribution is 2.33. The van der Waals surface area contributed by atoms with Crippen LogP contribution in [0.15, 0.2) is 40.9 Å². The Labute approximate surface area is 132 Å². The molecule has 0 fully saturated rings. The third kappa shape index (κ3) is 4.35. The molecule has 1 nitrogen and oxygen atoms in total. The number of rotatable bonds is 3. The molecule has 0 aliphatic heterocycles. The molecule has 0 bridgehead atoms. The van der Waals surface area contributed by atoms with Gasteiger partial charge in [0.1, 0.15) is 5.82 Å². The molecule has 0 radical (unpaired) electrons. The lowest BCUT2D eigenvalue weighted by Crippen LogP contribution is -2.07. The van der Waals surface area contributed by atoms with E-state index in [9.17, 15) is 17.6 Å². The summed E-state index contributed by atoms with van der Waals surface area (Å²) in [7, 11) is 0. The Bertz CT molecular complexity index is 658. The zero-order valence-corrected chi connectivity index (χ0v) is 12.8. The zero-order chi connectivity index (χ0) is 15.6. The van der Waals surface area contributed by atoms with E-state index in [2.05, 4.69) is 21.2 Å². The van der Waals surface area contributed by atoms with Gasteiger partial charge in [0.05, 0.1) is 5.56 Å². The minimum absolute atomic E-state index is 0.187. The lowest BCUT2D eigenvalue weighted by Gasteiger charge is -2.12. The molecule has 0 aliphatic carbocycles. The van der Waals surface area contributed by atoms with Gasteiger partial charge in [-0.25, -0.2) is 4.39 Å². The van der Waals surface area contributed by atoms with Crippen LogP contribution in [-0.4, -0.2) is 0 Å². The topological polar surface area (TPSA) is 12.0 Å². The maximum absolute atomic E-state index is 12.9. The summed E-state index contributed by atoms with van der Waals surface area (Å²) in [6.45, 7) is 0.187. The molecule has 1 N–H and O–H groups in total. The molecule has 0 aromatic heterocycles. The smallest absolute Gasteiger partial charge is 0.381 e. The van der Waals surface area contributed by atoms with Gasteiger partial charge in [0.2, 0.25) is 0 Å². The highest BCUT2D eigenvalue weighted by molar-refractivity contribution is 9.10. The van der Waals surface area contributed by atoms with Gasteiger partial charge in [0, 0.05) is 21.7 Å². The Morgan fingerprint density at radius 3 is 2.43 bits per heavy atom. The Hall–Kier alpha value is -1.27. The highest BCUT2D eigenvalue weighted by Gasteiger charge is 2.31. The van der Waals surface area contributed by atoms with Crippen molar-refractivity contribution in [3.8, 4) is 0 Å². The first-order valence-electron chi connectivity index (χ1n) is 5.81. The summed E-state index contributed by atoms with van der Waals surface area (Å²) in [4.78, 5) is 0. The average molecular weight is 383 g/mol. The summed E-state index contributed by atoms with van der Waals surface area (Å²) < 4.78 is 51.3. The average Bonchev–Trinajstić information content (AvgIpc) is 2.36. The van der Waals surface area contributed by atoms with Gasteiger partial charge >= 0.3 is 6.18 Å². The summed E-state index contributed by atoms with van der Waals surface area (Å²) in [5.74, 6) is -0.467. The van der Waals surface area contributed by atoms with Gasteiger partial charge in [-0.2, -0.15) is 13.2 Å². The van der Waals surface area contributed by atoms with Gasteiger partial charge in [0.15, 0.2) is 0 Å². The van der Waals surface area contributed by atoms with Crippen LogP contribution in [0.4, 0.5) is 23.2 Å². The van der Waals surface area contributed by atoms with Crippen LogP contribution in [-0.2, 0) is 12.7 Å². The summed E-state index contributed by atoms with van der Waals surface area (Å²) >= 11 is 8.90. The van der Waals surface area contributed by atoms with Crippen LogP contribution < -0.4 is 5.32 Å². The normalized spacial score (nSPS) is 11.5. The van der Waals surface area contributed by atoms with Gasteiger partial charge in [-0.05, 0) is 35.9 Å². The molecule has 0 aliphatic rings. The molecule has 0 unspecified atom stereocenters. The fourth-order valence-corrected chi connectivity index (χ4v) is 2.44. The number of alkyl halides is 3. The van der Waals surface area contributed by atoms with Crippen molar-refractivity contribution in [2.24, 2.45) is 0 Å². The number of halogens is 6. The van der Waals surface area contributed by atoms with E-state index in [1.54, 1.807) is 0 Å². The zero-order valence-electron chi connectivity index (χ0n) is 10.4. The minimum atomic E-state index is -4.42. The van der Waals surface area contributed by atoms with Crippen LogP contribution in [0.3, 0.4) is 0 Å². The van der Waals surface area contributed by atoms with E-state index in [-0.39, 0.29) is 17.3 Å². The van der Waals surface area contributed by atoms with Crippen LogP contribution in [0.2, 0.25) is 5.02 Å². The van der Waals surface area contributed by atoms with E-state index in [0.29, 0.717) is 10.0 Å². The third-order valence-electron chi connectivity index (χ3n) is 2.72. The lowest BCUT2D eigenvalue weighted by molar-refractivity contribution is -0.137. The van der Waals surface area contributed by atoms with Gasteiger partial charge < -0.3 is 5.32 Å². The molecule has 2 rings (SSSR count). The molecular weight excluding hydrogens is 374 g/mol. The van der Waals surface area contributed by atoms with Crippen molar-refractivity contribution < 1.29 is 17.6 Å². The van der Waals surface area contributed by atoms with Gasteiger partial charge in [-0.1, -0.05) is 33.6 Å². The van der Waals surface area contributed by atoms with Crippen LogP contribution in [0.1, 0.15) is 11.1 Å². The van der Waals surface area contributed by atoms with Crippen molar-refractivity contribution in [2.75, 3.05) is 5.32 Å². The Kier molecular flexibility index (Phi) is 4.78. The minimum Gasteiger partial charge on any atom is -0.381 e. The molecule has 0 saturated carbocycles. The molecule has 0 saturated heterocycles. The van der Waals surface area contributed by atoms with Crippen LogP contribution in [0, 0.1) is 5.82 Å². The SMILES string of the molecule is Fc1ccc(CNc2cc(Br)cc(C(F)(F)F)c2)c(Cl)c1. The van der Waals surface area contributed by atoms with E-state index >= 15 is 0 Å². The Balaban J connectivity index is 2.18. The summed E-state index contributed by atoms with van der Waals surface area (Å²) in [6, 6.07) is 7.39. The summed E-state index contributed by atoms with van der Waals surface area (Å²) in [5.41, 5.74) is 0.119. The Morgan fingerprint density at radius 1 is 1.10 bits per heavy atom. The van der Waals surface area contributed by atoms with Crippen LogP contribution in [0.5, 0.6) is 0 Å². The maximum Gasteiger partial charge on any atom is 0.416 e. The fraction of sp³-hybridized carbons (Fsp3) is 0.143. The molecule has 112 valence electrons. The predicted molar refractivity (Wildman–Crippen MR) is 77.9 cm³/mol. The third-order valence-corrected chi connectivity index (χ3v) is 3.53. The molecule has 0 heterocycles. The van der Waals surface area contributed by atoms with Gasteiger partial charge in [-0.3, -0.25) is 0 Å². The van der Waals surface area contributed by atoms with E-state index in [0.717, 1.165) is 18.2 Å². The standard InChI is InChI=1S/C14H9BrClF4N/c15-10-3-9(14(18,19)20)4-12(5-10)21-7-8-1-2-11(17)6-13(8)16/h1-6,21H,7H2. The van der Waals surface area contributed by atoms with E-state index in [1.165, 1.54) is 18.2 Å². The van der Waals surface area contributed by atoms with Crippen molar-refractivity contribution in [3.63, 3.8) is 0 Å². The summed E-state index contributed by atoms with van der Waals surface area (Å²) in [6.07, 6.45) is -4.42. The van der Waals surface area contributed by atoms with E-state index < -0.39 is 17.6 Å². The first kappa shape index (κ1) is 16.1. The molecule has 0 spiro atoms. The van der Waals surface area contributed by atoms with E-state index in [4.69, 9.17) is 11.6 Å². The molecule has 2 aromatic rings. The fourth-order valence-electron chi connectivity index (χ4n) is 1.72. The second-order valence-corrected chi connectivity index (χ2v) is 5.64.